The summed E-state index contributed by atoms with van der Waals surface area (Å²) in [5.74, 6) is -0.992. The average molecular weight is 769 g/mol. The third-order valence-corrected chi connectivity index (χ3v) is 9.10. The summed E-state index contributed by atoms with van der Waals surface area (Å²) in [4.78, 5) is 34.9. The van der Waals surface area contributed by atoms with E-state index in [-0.39, 0.29) is 19.4 Å². The molecule has 10 nitrogen and oxygen atoms in total. The highest BCUT2D eigenvalue weighted by molar-refractivity contribution is 7.47. The summed E-state index contributed by atoms with van der Waals surface area (Å²) in [5.41, 5.74) is 0. The van der Waals surface area contributed by atoms with Crippen LogP contribution in [-0.2, 0) is 32.7 Å². The van der Waals surface area contributed by atoms with Crippen LogP contribution in [0.15, 0.2) is 60.8 Å². The molecule has 0 aliphatic heterocycles. The number of phosphoric ester groups is 1. The number of aliphatic hydroxyl groups excluding tert-OH is 2. The van der Waals surface area contributed by atoms with E-state index in [1.165, 1.54) is 38.5 Å². The summed E-state index contributed by atoms with van der Waals surface area (Å²) < 4.78 is 32.6. The number of allylic oxidation sites excluding steroid dienone is 10. The molecular formula is C42H73O10P. The van der Waals surface area contributed by atoms with Crippen molar-refractivity contribution in [2.75, 3.05) is 26.4 Å². The maximum Gasteiger partial charge on any atom is 0.472 e. The normalized spacial score (nSPS) is 14.6. The molecule has 0 aliphatic carbocycles. The van der Waals surface area contributed by atoms with Crippen LogP contribution in [0.4, 0.5) is 0 Å². The van der Waals surface area contributed by atoms with Gasteiger partial charge in [-0.05, 0) is 83.5 Å². The van der Waals surface area contributed by atoms with Gasteiger partial charge in [0.2, 0.25) is 0 Å². The Morgan fingerprint density at radius 2 is 0.981 bits per heavy atom. The molecule has 0 aliphatic rings. The number of esters is 2. The summed E-state index contributed by atoms with van der Waals surface area (Å²) in [6.45, 7) is 2.24. The van der Waals surface area contributed by atoms with Crippen LogP contribution in [-0.4, -0.2) is 65.7 Å². The van der Waals surface area contributed by atoms with Crippen molar-refractivity contribution in [2.24, 2.45) is 0 Å². The van der Waals surface area contributed by atoms with Crippen LogP contribution in [0.2, 0.25) is 0 Å². The van der Waals surface area contributed by atoms with Gasteiger partial charge < -0.3 is 24.6 Å². The summed E-state index contributed by atoms with van der Waals surface area (Å²) in [5, 5.41) is 18.3. The first kappa shape index (κ1) is 50.7. The second-order valence-electron chi connectivity index (χ2n) is 13.3. The second kappa shape index (κ2) is 38.0. The summed E-state index contributed by atoms with van der Waals surface area (Å²) in [6.07, 6.45) is 40.4. The molecule has 11 heteroatoms. The van der Waals surface area contributed by atoms with Gasteiger partial charge in [0, 0.05) is 12.8 Å². The summed E-state index contributed by atoms with van der Waals surface area (Å²) in [6, 6.07) is 0. The van der Waals surface area contributed by atoms with Crippen molar-refractivity contribution in [1.29, 1.82) is 0 Å². The molecule has 0 bridgehead atoms. The molecule has 0 aromatic carbocycles. The fourth-order valence-corrected chi connectivity index (χ4v) is 5.76. The lowest BCUT2D eigenvalue weighted by Crippen LogP contribution is -2.29. The molecule has 0 aromatic rings. The van der Waals surface area contributed by atoms with E-state index in [0.29, 0.717) is 12.8 Å². The van der Waals surface area contributed by atoms with Crippen LogP contribution in [0, 0.1) is 0 Å². The molecule has 0 amide bonds. The van der Waals surface area contributed by atoms with Gasteiger partial charge in [0.25, 0.3) is 0 Å². The van der Waals surface area contributed by atoms with Crippen molar-refractivity contribution in [2.45, 2.75) is 167 Å². The minimum atomic E-state index is -4.63. The molecule has 0 fully saturated rings. The van der Waals surface area contributed by atoms with Gasteiger partial charge in [-0.1, -0.05) is 120 Å². The number of rotatable bonds is 37. The van der Waals surface area contributed by atoms with E-state index < -0.39 is 51.8 Å². The first-order valence-electron chi connectivity index (χ1n) is 20.2. The van der Waals surface area contributed by atoms with Gasteiger partial charge in [0.05, 0.1) is 19.8 Å². The Morgan fingerprint density at radius 1 is 0.566 bits per heavy atom. The Morgan fingerprint density at radius 3 is 1.51 bits per heavy atom. The highest BCUT2D eigenvalue weighted by Gasteiger charge is 2.27. The van der Waals surface area contributed by atoms with Crippen molar-refractivity contribution >= 4 is 19.8 Å². The van der Waals surface area contributed by atoms with E-state index in [1.54, 1.807) is 0 Å². The molecule has 3 atom stereocenters. The van der Waals surface area contributed by atoms with E-state index in [9.17, 15) is 24.2 Å². The van der Waals surface area contributed by atoms with Gasteiger partial charge in [-0.25, -0.2) is 4.57 Å². The Bertz CT molecular complexity index is 1070. The lowest BCUT2D eigenvalue weighted by Gasteiger charge is -2.20. The topological polar surface area (TPSA) is 149 Å². The van der Waals surface area contributed by atoms with Crippen molar-refractivity contribution in [1.82, 2.24) is 0 Å². The predicted molar refractivity (Wildman–Crippen MR) is 214 cm³/mol. The molecule has 0 rings (SSSR count). The van der Waals surface area contributed by atoms with Crippen LogP contribution in [0.3, 0.4) is 0 Å². The third-order valence-electron chi connectivity index (χ3n) is 8.14. The number of carbonyl (C=O) groups excluding carboxylic acids is 2. The molecule has 0 aromatic heterocycles. The molecule has 3 N–H and O–H groups in total. The summed E-state index contributed by atoms with van der Waals surface area (Å²) in [7, 11) is -4.63. The Balaban J connectivity index is 4.45. The minimum Gasteiger partial charge on any atom is -0.462 e. The fourth-order valence-electron chi connectivity index (χ4n) is 4.97. The monoisotopic (exact) mass is 768 g/mol. The number of ether oxygens (including phenoxy) is 2. The number of phosphoric acid groups is 1. The van der Waals surface area contributed by atoms with Gasteiger partial charge in [-0.15, -0.1) is 0 Å². The van der Waals surface area contributed by atoms with Crippen molar-refractivity contribution < 1.29 is 47.8 Å². The van der Waals surface area contributed by atoms with E-state index in [0.717, 1.165) is 77.0 Å². The smallest absolute Gasteiger partial charge is 0.462 e. The lowest BCUT2D eigenvalue weighted by atomic mass is 10.1. The Labute approximate surface area is 321 Å². The average Bonchev–Trinajstić information content (AvgIpc) is 3.14. The Hall–Kier alpha value is -2.33. The molecule has 0 saturated heterocycles. The van der Waals surface area contributed by atoms with Crippen LogP contribution in [0.1, 0.15) is 155 Å². The number of hydrogen-bond acceptors (Lipinski definition) is 9. The zero-order valence-electron chi connectivity index (χ0n) is 33.0. The molecule has 0 saturated carbocycles. The largest absolute Gasteiger partial charge is 0.472 e. The first-order chi connectivity index (χ1) is 25.7. The molecule has 3 unspecified atom stereocenters. The third kappa shape index (κ3) is 37.8. The van der Waals surface area contributed by atoms with Crippen molar-refractivity contribution in [3.63, 3.8) is 0 Å². The molecule has 0 spiro atoms. The van der Waals surface area contributed by atoms with Gasteiger partial charge in [0.1, 0.15) is 12.7 Å². The molecule has 306 valence electrons. The van der Waals surface area contributed by atoms with Crippen molar-refractivity contribution in [3.8, 4) is 0 Å². The first-order valence-corrected chi connectivity index (χ1v) is 21.7. The lowest BCUT2D eigenvalue weighted by molar-refractivity contribution is -0.161. The number of unbranched alkanes of at least 4 members (excludes halogenated alkanes) is 13. The Kier molecular flexibility index (Phi) is 36.3. The highest BCUT2D eigenvalue weighted by Crippen LogP contribution is 2.43. The summed E-state index contributed by atoms with van der Waals surface area (Å²) >= 11 is 0. The zero-order valence-corrected chi connectivity index (χ0v) is 33.9. The van der Waals surface area contributed by atoms with Crippen LogP contribution in [0.5, 0.6) is 0 Å². The van der Waals surface area contributed by atoms with E-state index in [4.69, 9.17) is 19.1 Å². The minimum absolute atomic E-state index is 0.130. The van der Waals surface area contributed by atoms with Gasteiger partial charge in [-0.3, -0.25) is 18.6 Å². The number of carbonyl (C=O) groups is 2. The number of hydrogen-bond donors (Lipinski definition) is 3. The van der Waals surface area contributed by atoms with Gasteiger partial charge >= 0.3 is 19.8 Å². The van der Waals surface area contributed by atoms with E-state index in [1.807, 2.05) is 0 Å². The van der Waals surface area contributed by atoms with Crippen LogP contribution >= 0.6 is 7.82 Å². The van der Waals surface area contributed by atoms with Crippen molar-refractivity contribution in [3.05, 3.63) is 60.8 Å². The SMILES string of the molecule is CCCCCC=CCC=CCC=CCCCCC(=O)OC(COC(=O)CCCCCCCC=CCC=CCCCCC)COP(=O)(O)OCC(O)CO. The van der Waals surface area contributed by atoms with E-state index in [2.05, 4.69) is 79.1 Å². The zero-order chi connectivity index (χ0) is 39.1. The quantitative estimate of drug-likeness (QED) is 0.0241. The predicted octanol–water partition coefficient (Wildman–Crippen LogP) is 10.3. The van der Waals surface area contributed by atoms with Crippen LogP contribution in [0.25, 0.3) is 0 Å². The molecule has 0 radical (unpaired) electrons. The standard InChI is InChI=1S/C42H73O10P/c1-3-5-7-9-11-13-15-17-19-21-23-25-27-29-31-33-41(45)49-37-40(38-51-53(47,48)50-36-39(44)35-43)52-42(46)34-32-30-28-26-24-22-20-18-16-14-12-10-8-6-4-2/h11-14,17-20,24,26,39-40,43-44H,3-10,15-16,21-23,25,27-38H2,1-2H3,(H,47,48). The molecular weight excluding hydrogens is 695 g/mol. The number of aliphatic hydroxyl groups is 2. The molecule has 53 heavy (non-hydrogen) atoms. The maximum absolute atomic E-state index is 12.6. The molecule has 0 heterocycles. The second-order valence-corrected chi connectivity index (χ2v) is 14.8. The van der Waals surface area contributed by atoms with Gasteiger partial charge in [-0.2, -0.15) is 0 Å². The van der Waals surface area contributed by atoms with E-state index >= 15 is 0 Å². The van der Waals surface area contributed by atoms with Gasteiger partial charge in [0.15, 0.2) is 6.10 Å². The maximum atomic E-state index is 12.6. The fraction of sp³-hybridized carbons (Fsp3) is 0.714. The highest BCUT2D eigenvalue weighted by atomic mass is 31.2. The van der Waals surface area contributed by atoms with Crippen LogP contribution < -0.4 is 0 Å².